The second kappa shape index (κ2) is 7.03. The predicted molar refractivity (Wildman–Crippen MR) is 73.9 cm³/mol. The van der Waals surface area contributed by atoms with Crippen LogP contribution in [0.4, 0.5) is 4.39 Å². The van der Waals surface area contributed by atoms with Crippen LogP contribution in [0.2, 0.25) is 0 Å². The van der Waals surface area contributed by atoms with Crippen LogP contribution in [0.1, 0.15) is 38.7 Å². The minimum atomic E-state index is -1.03. The molecule has 1 aromatic carbocycles. The summed E-state index contributed by atoms with van der Waals surface area (Å²) >= 11 is 0. The van der Waals surface area contributed by atoms with E-state index in [4.69, 9.17) is 5.11 Å². The molecular formula is C15H20FNO3. The van der Waals surface area contributed by atoms with E-state index in [1.807, 2.05) is 6.92 Å². The molecular weight excluding hydrogens is 261 g/mol. The number of hydrogen-bond donors (Lipinski definition) is 1. The molecule has 0 spiro atoms. The van der Waals surface area contributed by atoms with Crippen LogP contribution in [0.15, 0.2) is 24.3 Å². The molecule has 1 unspecified atom stereocenters. The normalized spacial score (nSPS) is 12.2. The number of nitrogens with zero attached hydrogens (tertiary/aromatic N) is 1. The zero-order valence-corrected chi connectivity index (χ0v) is 12.0. The number of benzene rings is 1. The molecule has 110 valence electrons. The summed E-state index contributed by atoms with van der Waals surface area (Å²) in [5, 5.41) is 8.83. The van der Waals surface area contributed by atoms with Crippen LogP contribution in [0, 0.1) is 5.82 Å². The highest BCUT2D eigenvalue weighted by Gasteiger charge is 2.22. The molecule has 1 N–H and O–H groups in total. The molecule has 1 amide bonds. The van der Waals surface area contributed by atoms with E-state index in [1.165, 1.54) is 17.0 Å². The van der Waals surface area contributed by atoms with E-state index in [2.05, 4.69) is 0 Å². The fraction of sp³-hybridized carbons (Fsp3) is 0.467. The Bertz CT molecular complexity index is 471. The van der Waals surface area contributed by atoms with Crippen molar-refractivity contribution in [3.63, 3.8) is 0 Å². The van der Waals surface area contributed by atoms with E-state index in [0.29, 0.717) is 0 Å². The third kappa shape index (κ3) is 4.64. The van der Waals surface area contributed by atoms with Gasteiger partial charge >= 0.3 is 5.97 Å². The quantitative estimate of drug-likeness (QED) is 0.872. The van der Waals surface area contributed by atoms with Crippen molar-refractivity contribution in [1.29, 1.82) is 0 Å². The Kier molecular flexibility index (Phi) is 5.67. The Labute approximate surface area is 118 Å². The second-order valence-corrected chi connectivity index (χ2v) is 5.17. The van der Waals surface area contributed by atoms with Crippen molar-refractivity contribution in [1.82, 2.24) is 4.90 Å². The molecule has 0 fully saturated rings. The number of carbonyl (C=O) groups excluding carboxylic acids is 1. The van der Waals surface area contributed by atoms with Crippen molar-refractivity contribution >= 4 is 11.9 Å². The van der Waals surface area contributed by atoms with Crippen molar-refractivity contribution in [2.45, 2.75) is 39.2 Å². The molecule has 0 aromatic heterocycles. The van der Waals surface area contributed by atoms with Gasteiger partial charge in [0, 0.05) is 12.5 Å². The molecule has 5 heteroatoms. The summed E-state index contributed by atoms with van der Waals surface area (Å²) in [5.41, 5.74) is 0.860. The Balaban J connectivity index is 2.72. The molecule has 1 rings (SSSR count). The number of hydrogen-bond acceptors (Lipinski definition) is 2. The maximum atomic E-state index is 12.8. The first kappa shape index (κ1) is 16.1. The first-order chi connectivity index (χ1) is 9.31. The summed E-state index contributed by atoms with van der Waals surface area (Å²) in [5.74, 6) is -1.64. The largest absolute Gasteiger partial charge is 0.480 e. The lowest BCUT2D eigenvalue weighted by atomic mass is 9.97. The van der Waals surface area contributed by atoms with Gasteiger partial charge in [-0.3, -0.25) is 9.59 Å². The van der Waals surface area contributed by atoms with Crippen LogP contribution in [0.5, 0.6) is 0 Å². The Morgan fingerprint density at radius 2 is 1.75 bits per heavy atom. The summed E-state index contributed by atoms with van der Waals surface area (Å²) in [7, 11) is 0. The molecule has 0 saturated heterocycles. The number of rotatable bonds is 6. The zero-order valence-electron chi connectivity index (χ0n) is 12.0. The third-order valence-corrected chi connectivity index (χ3v) is 3.17. The van der Waals surface area contributed by atoms with Crippen LogP contribution < -0.4 is 0 Å². The highest BCUT2D eigenvalue weighted by atomic mass is 19.1. The van der Waals surface area contributed by atoms with E-state index < -0.39 is 5.97 Å². The van der Waals surface area contributed by atoms with Gasteiger partial charge in [0.25, 0.3) is 0 Å². The first-order valence-corrected chi connectivity index (χ1v) is 6.58. The molecule has 0 aliphatic heterocycles. The van der Waals surface area contributed by atoms with Crippen LogP contribution >= 0.6 is 0 Å². The summed E-state index contributed by atoms with van der Waals surface area (Å²) in [6, 6.07) is 5.83. The van der Waals surface area contributed by atoms with Gasteiger partial charge in [-0.25, -0.2) is 4.39 Å². The SMILES string of the molecule is CC(CC(=O)N(CC(=O)O)C(C)C)c1ccc(F)cc1. The van der Waals surface area contributed by atoms with E-state index in [-0.39, 0.29) is 36.6 Å². The number of aliphatic carboxylic acids is 1. The molecule has 0 aliphatic rings. The van der Waals surface area contributed by atoms with Crippen LogP contribution in [-0.4, -0.2) is 34.5 Å². The van der Waals surface area contributed by atoms with Crippen molar-refractivity contribution in [2.75, 3.05) is 6.54 Å². The van der Waals surface area contributed by atoms with Gasteiger partial charge < -0.3 is 10.0 Å². The molecule has 0 bridgehead atoms. The van der Waals surface area contributed by atoms with Gasteiger partial charge in [0.2, 0.25) is 5.91 Å². The monoisotopic (exact) mass is 281 g/mol. The van der Waals surface area contributed by atoms with Gasteiger partial charge in [-0.05, 0) is 37.5 Å². The van der Waals surface area contributed by atoms with Gasteiger partial charge in [-0.15, -0.1) is 0 Å². The summed E-state index contributed by atoms with van der Waals surface area (Å²) in [4.78, 5) is 24.3. The second-order valence-electron chi connectivity index (χ2n) is 5.17. The highest BCUT2D eigenvalue weighted by Crippen LogP contribution is 2.20. The molecule has 0 heterocycles. The Morgan fingerprint density at radius 3 is 2.20 bits per heavy atom. The molecule has 0 saturated carbocycles. The Morgan fingerprint density at radius 1 is 1.20 bits per heavy atom. The molecule has 1 atom stereocenters. The van der Waals surface area contributed by atoms with E-state index in [9.17, 15) is 14.0 Å². The highest BCUT2D eigenvalue weighted by molar-refractivity contribution is 5.82. The third-order valence-electron chi connectivity index (χ3n) is 3.17. The topological polar surface area (TPSA) is 57.6 Å². The van der Waals surface area contributed by atoms with Gasteiger partial charge in [0.1, 0.15) is 12.4 Å². The Hall–Kier alpha value is -1.91. The predicted octanol–water partition coefficient (Wildman–Crippen LogP) is 2.64. The first-order valence-electron chi connectivity index (χ1n) is 6.58. The molecule has 4 nitrogen and oxygen atoms in total. The minimum absolute atomic E-state index is 0.0851. The van der Waals surface area contributed by atoms with Crippen LogP contribution in [-0.2, 0) is 9.59 Å². The van der Waals surface area contributed by atoms with Crippen molar-refractivity contribution in [3.8, 4) is 0 Å². The van der Waals surface area contributed by atoms with E-state index in [0.717, 1.165) is 5.56 Å². The van der Waals surface area contributed by atoms with Gasteiger partial charge in [0.15, 0.2) is 0 Å². The maximum Gasteiger partial charge on any atom is 0.323 e. The van der Waals surface area contributed by atoms with Crippen LogP contribution in [0.25, 0.3) is 0 Å². The lowest BCUT2D eigenvalue weighted by Crippen LogP contribution is -2.41. The van der Waals surface area contributed by atoms with Crippen LogP contribution in [0.3, 0.4) is 0 Å². The summed E-state index contributed by atoms with van der Waals surface area (Å²) in [6.45, 7) is 5.13. The number of carbonyl (C=O) groups is 2. The fourth-order valence-corrected chi connectivity index (χ4v) is 1.99. The summed E-state index contributed by atoms with van der Waals surface area (Å²) in [6.07, 6.45) is 0.205. The van der Waals surface area contributed by atoms with Crippen molar-refractivity contribution in [3.05, 3.63) is 35.6 Å². The van der Waals surface area contributed by atoms with Gasteiger partial charge in [-0.1, -0.05) is 19.1 Å². The minimum Gasteiger partial charge on any atom is -0.480 e. The smallest absolute Gasteiger partial charge is 0.323 e. The average molecular weight is 281 g/mol. The maximum absolute atomic E-state index is 12.8. The van der Waals surface area contributed by atoms with Crippen molar-refractivity contribution < 1.29 is 19.1 Å². The molecule has 0 radical (unpaired) electrons. The fourth-order valence-electron chi connectivity index (χ4n) is 1.99. The van der Waals surface area contributed by atoms with Gasteiger partial charge in [0.05, 0.1) is 0 Å². The van der Waals surface area contributed by atoms with Gasteiger partial charge in [-0.2, -0.15) is 0 Å². The number of halogens is 1. The average Bonchev–Trinajstić information content (AvgIpc) is 2.35. The van der Waals surface area contributed by atoms with E-state index >= 15 is 0 Å². The molecule has 1 aromatic rings. The molecule has 0 aliphatic carbocycles. The number of amides is 1. The lowest BCUT2D eigenvalue weighted by Gasteiger charge is -2.26. The summed E-state index contributed by atoms with van der Waals surface area (Å²) < 4.78 is 12.8. The van der Waals surface area contributed by atoms with Crippen molar-refractivity contribution in [2.24, 2.45) is 0 Å². The number of carboxylic acid groups (broad SMARTS) is 1. The zero-order chi connectivity index (χ0) is 15.3. The number of carboxylic acids is 1. The van der Waals surface area contributed by atoms with E-state index in [1.54, 1.807) is 26.0 Å². The molecule has 20 heavy (non-hydrogen) atoms. The standard InChI is InChI=1S/C15H20FNO3/c1-10(2)17(9-15(19)20)14(18)8-11(3)12-4-6-13(16)7-5-12/h4-7,10-11H,8-9H2,1-3H3,(H,19,20). The lowest BCUT2D eigenvalue weighted by molar-refractivity contribution is -0.145.